The summed E-state index contributed by atoms with van der Waals surface area (Å²) in [6.07, 6.45) is 8.26. The van der Waals surface area contributed by atoms with Crippen molar-refractivity contribution in [1.29, 1.82) is 0 Å². The van der Waals surface area contributed by atoms with E-state index in [1.54, 1.807) is 0 Å². The van der Waals surface area contributed by atoms with E-state index in [1.807, 2.05) is 24.5 Å². The van der Waals surface area contributed by atoms with E-state index < -0.39 is 0 Å². The first kappa shape index (κ1) is 14.3. The van der Waals surface area contributed by atoms with Crippen LogP contribution in [0.3, 0.4) is 0 Å². The summed E-state index contributed by atoms with van der Waals surface area (Å²) >= 11 is 0. The molecule has 1 heteroatoms. The Hall–Kier alpha value is -2.67. The largest absolute Gasteiger partial charge is 0.264 e. The second-order valence-electron chi connectivity index (χ2n) is 5.43. The molecule has 0 fully saturated rings. The van der Waals surface area contributed by atoms with Crippen molar-refractivity contribution in [3.8, 4) is 11.1 Å². The Morgan fingerprint density at radius 3 is 2.23 bits per heavy atom. The quantitative estimate of drug-likeness (QED) is 0.611. The minimum Gasteiger partial charge on any atom is -0.264 e. The van der Waals surface area contributed by atoms with Gasteiger partial charge in [0.15, 0.2) is 0 Å². The molecule has 0 N–H and O–H groups in total. The molecular weight excluding hydrogens is 266 g/mol. The Balaban J connectivity index is 1.81. The molecule has 22 heavy (non-hydrogen) atoms. The highest BCUT2D eigenvalue weighted by Crippen LogP contribution is 2.24. The van der Waals surface area contributed by atoms with Gasteiger partial charge in [-0.3, -0.25) is 4.98 Å². The van der Waals surface area contributed by atoms with Crippen LogP contribution in [0.5, 0.6) is 0 Å². The number of hydrogen-bond acceptors (Lipinski definition) is 1. The molecule has 0 radical (unpaired) electrons. The molecule has 0 amide bonds. The van der Waals surface area contributed by atoms with Gasteiger partial charge in [-0.05, 0) is 22.8 Å². The SMILES string of the molecule is C[C@@H](/C=C/c1ccccc1)c1cncc(-c2ccccc2)c1. The second-order valence-corrected chi connectivity index (χ2v) is 5.43. The topological polar surface area (TPSA) is 12.9 Å². The Morgan fingerprint density at radius 1 is 0.818 bits per heavy atom. The van der Waals surface area contributed by atoms with Gasteiger partial charge in [-0.1, -0.05) is 79.7 Å². The van der Waals surface area contributed by atoms with Crippen molar-refractivity contribution < 1.29 is 0 Å². The van der Waals surface area contributed by atoms with Crippen LogP contribution < -0.4 is 0 Å². The molecule has 0 spiro atoms. The lowest BCUT2D eigenvalue weighted by molar-refractivity contribution is 0.959. The van der Waals surface area contributed by atoms with Crippen LogP contribution in [0.1, 0.15) is 24.0 Å². The van der Waals surface area contributed by atoms with E-state index in [2.05, 4.69) is 78.7 Å². The van der Waals surface area contributed by atoms with Crippen molar-refractivity contribution in [1.82, 2.24) is 4.98 Å². The van der Waals surface area contributed by atoms with Gasteiger partial charge < -0.3 is 0 Å². The third-order valence-corrected chi connectivity index (χ3v) is 3.77. The Labute approximate surface area is 132 Å². The molecule has 3 aromatic rings. The summed E-state index contributed by atoms with van der Waals surface area (Å²) in [5, 5.41) is 0. The van der Waals surface area contributed by atoms with Crippen molar-refractivity contribution >= 4 is 6.08 Å². The number of nitrogens with zero attached hydrogens (tertiary/aromatic N) is 1. The monoisotopic (exact) mass is 285 g/mol. The number of rotatable bonds is 4. The molecule has 0 bridgehead atoms. The highest BCUT2D eigenvalue weighted by atomic mass is 14.6. The lowest BCUT2D eigenvalue weighted by Crippen LogP contribution is -1.92. The van der Waals surface area contributed by atoms with E-state index in [1.165, 1.54) is 16.7 Å². The van der Waals surface area contributed by atoms with Crippen LogP contribution in [0.25, 0.3) is 17.2 Å². The average molecular weight is 285 g/mol. The lowest BCUT2D eigenvalue weighted by Gasteiger charge is -2.09. The van der Waals surface area contributed by atoms with E-state index >= 15 is 0 Å². The predicted octanol–water partition coefficient (Wildman–Crippen LogP) is 5.57. The first-order valence-electron chi connectivity index (χ1n) is 7.56. The van der Waals surface area contributed by atoms with Crippen molar-refractivity contribution in [3.05, 3.63) is 96.3 Å². The minimum atomic E-state index is 0.330. The molecule has 1 atom stereocenters. The molecule has 0 saturated carbocycles. The molecular formula is C21H19N. The fourth-order valence-electron chi connectivity index (χ4n) is 2.43. The smallest absolute Gasteiger partial charge is 0.0346 e. The van der Waals surface area contributed by atoms with Gasteiger partial charge in [0.25, 0.3) is 0 Å². The van der Waals surface area contributed by atoms with E-state index in [0.29, 0.717) is 5.92 Å². The maximum Gasteiger partial charge on any atom is 0.0346 e. The molecule has 2 aromatic carbocycles. The maximum atomic E-state index is 4.40. The van der Waals surface area contributed by atoms with Gasteiger partial charge in [-0.2, -0.15) is 0 Å². The van der Waals surface area contributed by atoms with E-state index in [0.717, 1.165) is 5.56 Å². The van der Waals surface area contributed by atoms with E-state index in [4.69, 9.17) is 0 Å². The van der Waals surface area contributed by atoms with E-state index in [-0.39, 0.29) is 0 Å². The van der Waals surface area contributed by atoms with Crippen LogP contribution >= 0.6 is 0 Å². The van der Waals surface area contributed by atoms with Crippen LogP contribution in [0.4, 0.5) is 0 Å². The summed E-state index contributed by atoms with van der Waals surface area (Å²) < 4.78 is 0. The van der Waals surface area contributed by atoms with Gasteiger partial charge in [0.2, 0.25) is 0 Å². The van der Waals surface area contributed by atoms with Gasteiger partial charge in [-0.15, -0.1) is 0 Å². The molecule has 1 nitrogen and oxygen atoms in total. The number of allylic oxidation sites excluding steroid dienone is 1. The fraction of sp³-hybridized carbons (Fsp3) is 0.0952. The van der Waals surface area contributed by atoms with Gasteiger partial charge in [0.1, 0.15) is 0 Å². The standard InChI is InChI=1S/C21H19N/c1-17(12-13-18-8-4-2-5-9-18)20-14-21(16-22-15-20)19-10-6-3-7-11-19/h2-17H,1H3/b13-12+/t17-/m0/s1. The van der Waals surface area contributed by atoms with Crippen molar-refractivity contribution in [2.24, 2.45) is 0 Å². The van der Waals surface area contributed by atoms with Crippen LogP contribution in [0.2, 0.25) is 0 Å². The van der Waals surface area contributed by atoms with Gasteiger partial charge in [0, 0.05) is 23.9 Å². The summed E-state index contributed by atoms with van der Waals surface area (Å²) in [7, 11) is 0. The Morgan fingerprint density at radius 2 is 1.50 bits per heavy atom. The first-order chi connectivity index (χ1) is 10.8. The molecule has 0 saturated heterocycles. The molecule has 3 rings (SSSR count). The number of benzene rings is 2. The van der Waals surface area contributed by atoms with Gasteiger partial charge >= 0.3 is 0 Å². The second kappa shape index (κ2) is 6.86. The van der Waals surface area contributed by atoms with Crippen LogP contribution in [0.15, 0.2) is 85.2 Å². The molecule has 0 aliphatic rings. The van der Waals surface area contributed by atoms with E-state index in [9.17, 15) is 0 Å². The van der Waals surface area contributed by atoms with Crippen molar-refractivity contribution in [2.45, 2.75) is 12.8 Å². The number of pyridine rings is 1. The van der Waals surface area contributed by atoms with Gasteiger partial charge in [-0.25, -0.2) is 0 Å². The molecule has 1 heterocycles. The maximum absolute atomic E-state index is 4.40. The summed E-state index contributed by atoms with van der Waals surface area (Å²) in [4.78, 5) is 4.40. The molecule has 108 valence electrons. The molecule has 0 aliphatic heterocycles. The summed E-state index contributed by atoms with van der Waals surface area (Å²) in [5.41, 5.74) is 4.82. The molecule has 0 unspecified atom stereocenters. The number of aromatic nitrogens is 1. The predicted molar refractivity (Wildman–Crippen MR) is 93.6 cm³/mol. The number of hydrogen-bond donors (Lipinski definition) is 0. The van der Waals surface area contributed by atoms with Gasteiger partial charge in [0.05, 0.1) is 0 Å². The average Bonchev–Trinajstić information content (AvgIpc) is 2.61. The third kappa shape index (κ3) is 3.50. The zero-order valence-electron chi connectivity index (χ0n) is 12.7. The zero-order valence-corrected chi connectivity index (χ0v) is 12.7. The van der Waals surface area contributed by atoms with Crippen molar-refractivity contribution in [3.63, 3.8) is 0 Å². The first-order valence-corrected chi connectivity index (χ1v) is 7.56. The van der Waals surface area contributed by atoms with Crippen LogP contribution in [-0.4, -0.2) is 4.98 Å². The summed E-state index contributed by atoms with van der Waals surface area (Å²) in [5.74, 6) is 0.330. The molecule has 1 aromatic heterocycles. The fourth-order valence-corrected chi connectivity index (χ4v) is 2.43. The zero-order chi connectivity index (χ0) is 15.2. The lowest BCUT2D eigenvalue weighted by atomic mass is 9.98. The Kier molecular flexibility index (Phi) is 4.45. The van der Waals surface area contributed by atoms with Crippen LogP contribution in [-0.2, 0) is 0 Å². The van der Waals surface area contributed by atoms with Crippen molar-refractivity contribution in [2.75, 3.05) is 0 Å². The minimum absolute atomic E-state index is 0.330. The molecule has 0 aliphatic carbocycles. The third-order valence-electron chi connectivity index (χ3n) is 3.77. The highest BCUT2D eigenvalue weighted by molar-refractivity contribution is 5.63. The summed E-state index contributed by atoms with van der Waals surface area (Å²) in [6.45, 7) is 2.20. The normalized spacial score (nSPS) is 12.4. The highest BCUT2D eigenvalue weighted by Gasteiger charge is 2.04. The van der Waals surface area contributed by atoms with Crippen LogP contribution in [0, 0.1) is 0 Å². The summed E-state index contributed by atoms with van der Waals surface area (Å²) in [6, 6.07) is 23.0. The Bertz CT molecular complexity index is 745.